The normalized spacial score (nSPS) is 24.4. The smallest absolute Gasteiger partial charge is 0.303 e. The molecule has 2 unspecified atom stereocenters. The van der Waals surface area contributed by atoms with E-state index in [2.05, 4.69) is 0 Å². The van der Waals surface area contributed by atoms with Crippen molar-refractivity contribution in [1.29, 1.82) is 0 Å². The minimum atomic E-state index is -1.08. The minimum Gasteiger partial charge on any atom is -0.481 e. The third kappa shape index (κ3) is 2.93. The molecule has 7 nitrogen and oxygen atoms in total. The van der Waals surface area contributed by atoms with Crippen LogP contribution in [0.3, 0.4) is 0 Å². The highest BCUT2D eigenvalue weighted by Crippen LogP contribution is 2.18. The van der Waals surface area contributed by atoms with Crippen molar-refractivity contribution < 1.29 is 24.6 Å². The summed E-state index contributed by atoms with van der Waals surface area (Å²) in [5.41, 5.74) is 5.08. The number of likely N-dealkylation sites (tertiary alicyclic amines) is 1. The minimum absolute atomic E-state index is 0.0338. The van der Waals surface area contributed by atoms with Crippen molar-refractivity contribution in [2.24, 2.45) is 5.73 Å². The third-order valence-corrected chi connectivity index (χ3v) is 2.48. The van der Waals surface area contributed by atoms with Gasteiger partial charge in [-0.05, 0) is 0 Å². The largest absolute Gasteiger partial charge is 0.481 e. The molecule has 1 aliphatic heterocycles. The number of aliphatic carboxylic acids is 1. The van der Waals surface area contributed by atoms with Crippen LogP contribution in [-0.4, -0.2) is 51.6 Å². The zero-order valence-corrected chi connectivity index (χ0v) is 8.63. The summed E-state index contributed by atoms with van der Waals surface area (Å²) in [6, 6.07) is -0.823. The van der Waals surface area contributed by atoms with Crippen LogP contribution in [0, 0.1) is 0 Å². The molecule has 1 fully saturated rings. The van der Waals surface area contributed by atoms with Crippen molar-refractivity contribution in [3.05, 3.63) is 0 Å². The molecule has 1 rings (SSSR count). The van der Waals surface area contributed by atoms with Gasteiger partial charge in [-0.1, -0.05) is 0 Å². The zero-order chi connectivity index (χ0) is 12.3. The summed E-state index contributed by atoms with van der Waals surface area (Å²) >= 11 is 0. The fourth-order valence-electron chi connectivity index (χ4n) is 1.72. The third-order valence-electron chi connectivity index (χ3n) is 2.48. The zero-order valence-electron chi connectivity index (χ0n) is 8.63. The van der Waals surface area contributed by atoms with Crippen LogP contribution in [0.15, 0.2) is 0 Å². The Morgan fingerprint density at radius 3 is 2.44 bits per heavy atom. The maximum absolute atomic E-state index is 11.6. The van der Waals surface area contributed by atoms with Crippen molar-refractivity contribution in [2.75, 3.05) is 6.54 Å². The van der Waals surface area contributed by atoms with Crippen LogP contribution in [0.5, 0.6) is 0 Å². The van der Waals surface area contributed by atoms with Crippen molar-refractivity contribution in [2.45, 2.75) is 31.4 Å². The quantitative estimate of drug-likeness (QED) is 0.531. The van der Waals surface area contributed by atoms with E-state index in [0.717, 1.165) is 4.90 Å². The Bertz CT molecular complexity index is 317. The maximum atomic E-state index is 11.6. The highest BCUT2D eigenvalue weighted by molar-refractivity contribution is 5.88. The van der Waals surface area contributed by atoms with Crippen LogP contribution < -0.4 is 5.73 Å². The molecule has 2 atom stereocenters. The number of hydrogen-bond donors (Lipinski definition) is 3. The topological polar surface area (TPSA) is 121 Å². The molecule has 7 heteroatoms. The van der Waals surface area contributed by atoms with E-state index in [1.54, 1.807) is 0 Å². The number of aliphatic hydroxyl groups excluding tert-OH is 1. The maximum Gasteiger partial charge on any atom is 0.303 e. The van der Waals surface area contributed by atoms with Gasteiger partial charge in [-0.15, -0.1) is 0 Å². The van der Waals surface area contributed by atoms with E-state index in [0.29, 0.717) is 0 Å². The number of β-amino-alcohol motifs (C(OH)–C–C–N with tert-alkyl or cyclic N) is 1. The molecular formula is C9H14N2O5. The number of nitrogens with two attached hydrogens (primary N) is 1. The molecule has 0 aromatic rings. The molecule has 0 aromatic heterocycles. The lowest BCUT2D eigenvalue weighted by molar-refractivity contribution is -0.142. The van der Waals surface area contributed by atoms with E-state index in [1.165, 1.54) is 0 Å². The Hall–Kier alpha value is -1.63. The van der Waals surface area contributed by atoms with Crippen LogP contribution in [0.4, 0.5) is 0 Å². The van der Waals surface area contributed by atoms with Crippen LogP contribution >= 0.6 is 0 Å². The van der Waals surface area contributed by atoms with Gasteiger partial charge in [0, 0.05) is 19.4 Å². The SMILES string of the molecule is NC(=O)C1CC(O)CN1C(=O)CCC(=O)O. The molecule has 2 amide bonds. The number of carboxylic acids is 1. The fraction of sp³-hybridized carbons (Fsp3) is 0.667. The van der Waals surface area contributed by atoms with E-state index in [1.807, 2.05) is 0 Å². The van der Waals surface area contributed by atoms with Gasteiger partial charge in [0.15, 0.2) is 0 Å². The number of rotatable bonds is 4. The van der Waals surface area contributed by atoms with Crippen molar-refractivity contribution in [1.82, 2.24) is 4.90 Å². The average Bonchev–Trinajstić information content (AvgIpc) is 2.56. The first-order chi connectivity index (χ1) is 7.41. The summed E-state index contributed by atoms with van der Waals surface area (Å²) in [7, 11) is 0. The van der Waals surface area contributed by atoms with E-state index >= 15 is 0 Å². The summed E-state index contributed by atoms with van der Waals surface area (Å²) < 4.78 is 0. The first-order valence-corrected chi connectivity index (χ1v) is 4.90. The second kappa shape index (κ2) is 4.93. The molecule has 1 aliphatic rings. The number of primary amides is 1. The van der Waals surface area contributed by atoms with Gasteiger partial charge in [0.05, 0.1) is 12.5 Å². The summed E-state index contributed by atoms with van der Waals surface area (Å²) in [5.74, 6) is -2.23. The second-order valence-corrected chi connectivity index (χ2v) is 3.75. The van der Waals surface area contributed by atoms with Gasteiger partial charge in [-0.3, -0.25) is 14.4 Å². The molecule has 0 radical (unpaired) electrons. The molecule has 16 heavy (non-hydrogen) atoms. The standard InChI is InChI=1S/C9H14N2O5/c10-9(16)6-3-5(12)4-11(6)7(13)1-2-8(14)15/h5-6,12H,1-4H2,(H2,10,16)(H,14,15). The Kier molecular flexibility index (Phi) is 3.83. The predicted octanol–water partition coefficient (Wildman–Crippen LogP) is -1.70. The molecule has 90 valence electrons. The number of amides is 2. The number of hydrogen-bond acceptors (Lipinski definition) is 4. The lowest BCUT2D eigenvalue weighted by atomic mass is 10.2. The molecule has 4 N–H and O–H groups in total. The summed E-state index contributed by atoms with van der Waals surface area (Å²) in [5, 5.41) is 17.7. The monoisotopic (exact) mass is 230 g/mol. The van der Waals surface area contributed by atoms with Crippen LogP contribution in [0.2, 0.25) is 0 Å². The Morgan fingerprint density at radius 2 is 1.94 bits per heavy atom. The van der Waals surface area contributed by atoms with Gasteiger partial charge < -0.3 is 20.8 Å². The van der Waals surface area contributed by atoms with Crippen molar-refractivity contribution in [3.63, 3.8) is 0 Å². The van der Waals surface area contributed by atoms with Gasteiger partial charge in [0.1, 0.15) is 6.04 Å². The van der Waals surface area contributed by atoms with Crippen LogP contribution in [0.25, 0.3) is 0 Å². The lowest BCUT2D eigenvalue weighted by Gasteiger charge is -2.21. The average molecular weight is 230 g/mol. The number of carboxylic acid groups (broad SMARTS) is 1. The number of nitrogens with zero attached hydrogens (tertiary/aromatic N) is 1. The van der Waals surface area contributed by atoms with Gasteiger partial charge in [-0.25, -0.2) is 0 Å². The van der Waals surface area contributed by atoms with Gasteiger partial charge in [-0.2, -0.15) is 0 Å². The molecule has 0 spiro atoms. The number of carbonyl (C=O) groups excluding carboxylic acids is 2. The molecular weight excluding hydrogens is 216 g/mol. The summed E-state index contributed by atoms with van der Waals surface area (Å²) in [6.45, 7) is 0.0338. The molecule has 0 saturated carbocycles. The van der Waals surface area contributed by atoms with E-state index < -0.39 is 29.9 Å². The van der Waals surface area contributed by atoms with E-state index in [4.69, 9.17) is 10.8 Å². The fourth-order valence-corrected chi connectivity index (χ4v) is 1.72. The first kappa shape index (κ1) is 12.4. The Balaban J connectivity index is 2.59. The highest BCUT2D eigenvalue weighted by atomic mass is 16.4. The molecule has 0 aromatic carbocycles. The predicted molar refractivity (Wildman–Crippen MR) is 52.2 cm³/mol. The van der Waals surface area contributed by atoms with Gasteiger partial charge >= 0.3 is 5.97 Å². The Morgan fingerprint density at radius 1 is 1.31 bits per heavy atom. The molecule has 1 heterocycles. The van der Waals surface area contributed by atoms with Crippen molar-refractivity contribution >= 4 is 17.8 Å². The van der Waals surface area contributed by atoms with Crippen LogP contribution in [-0.2, 0) is 14.4 Å². The number of carbonyl (C=O) groups is 3. The first-order valence-electron chi connectivity index (χ1n) is 4.90. The molecule has 1 saturated heterocycles. The van der Waals surface area contributed by atoms with E-state index in [9.17, 15) is 19.5 Å². The lowest BCUT2D eigenvalue weighted by Crippen LogP contribution is -2.43. The highest BCUT2D eigenvalue weighted by Gasteiger charge is 2.37. The van der Waals surface area contributed by atoms with Gasteiger partial charge in [0.2, 0.25) is 11.8 Å². The van der Waals surface area contributed by atoms with Crippen molar-refractivity contribution in [3.8, 4) is 0 Å². The van der Waals surface area contributed by atoms with E-state index in [-0.39, 0.29) is 25.8 Å². The molecule has 0 bridgehead atoms. The summed E-state index contributed by atoms with van der Waals surface area (Å²) in [6.07, 6.45) is -1.14. The Labute approximate surface area is 91.8 Å². The number of aliphatic hydroxyl groups is 1. The molecule has 0 aliphatic carbocycles. The second-order valence-electron chi connectivity index (χ2n) is 3.75. The van der Waals surface area contributed by atoms with Crippen LogP contribution in [0.1, 0.15) is 19.3 Å². The van der Waals surface area contributed by atoms with Gasteiger partial charge in [0.25, 0.3) is 0 Å². The summed E-state index contributed by atoms with van der Waals surface area (Å²) in [4.78, 5) is 34.0.